The molecule has 2 heterocycles. The van der Waals surface area contributed by atoms with Crippen molar-refractivity contribution in [1.29, 1.82) is 0 Å². The SMILES string of the molecule is O=C(CSC1=NC2NNCC2C(=O)N1c1ccccc1)NCc1cccc(C(F)(F)F)c1. The second-order valence-corrected chi connectivity index (χ2v) is 8.20. The van der Waals surface area contributed by atoms with E-state index in [1.807, 2.05) is 18.2 Å². The van der Waals surface area contributed by atoms with E-state index in [4.69, 9.17) is 0 Å². The monoisotopic (exact) mass is 463 g/mol. The summed E-state index contributed by atoms with van der Waals surface area (Å²) in [6.45, 7) is 0.416. The minimum atomic E-state index is -4.44. The van der Waals surface area contributed by atoms with Crippen LogP contribution in [0.2, 0.25) is 0 Å². The summed E-state index contributed by atoms with van der Waals surface area (Å²) in [5, 5.41) is 3.00. The van der Waals surface area contributed by atoms with Crippen molar-refractivity contribution in [3.05, 3.63) is 65.7 Å². The second kappa shape index (κ2) is 9.31. The van der Waals surface area contributed by atoms with Crippen LogP contribution in [0.3, 0.4) is 0 Å². The van der Waals surface area contributed by atoms with Crippen LogP contribution in [0.5, 0.6) is 0 Å². The third-order valence-corrected chi connectivity index (χ3v) is 5.97. The minimum Gasteiger partial charge on any atom is -0.351 e. The number of nitrogens with one attached hydrogen (secondary N) is 3. The van der Waals surface area contributed by atoms with Gasteiger partial charge in [0.2, 0.25) is 11.8 Å². The number of hydrogen-bond acceptors (Lipinski definition) is 6. The van der Waals surface area contributed by atoms with Crippen molar-refractivity contribution in [1.82, 2.24) is 16.2 Å². The molecule has 2 aliphatic heterocycles. The van der Waals surface area contributed by atoms with Gasteiger partial charge in [-0.25, -0.2) is 10.4 Å². The lowest BCUT2D eigenvalue weighted by atomic mass is 10.1. The topological polar surface area (TPSA) is 85.8 Å². The number of rotatable bonds is 5. The molecule has 32 heavy (non-hydrogen) atoms. The van der Waals surface area contributed by atoms with Gasteiger partial charge in [-0.3, -0.25) is 19.9 Å². The summed E-state index contributed by atoms with van der Waals surface area (Å²) in [5.74, 6) is -0.899. The summed E-state index contributed by atoms with van der Waals surface area (Å²) in [6.07, 6.45) is -4.86. The van der Waals surface area contributed by atoms with Gasteiger partial charge in [0.05, 0.1) is 22.9 Å². The molecule has 2 aromatic carbocycles. The number of hydrazine groups is 1. The van der Waals surface area contributed by atoms with Gasteiger partial charge in [0.15, 0.2) is 5.17 Å². The molecule has 2 aliphatic rings. The predicted molar refractivity (Wildman–Crippen MR) is 116 cm³/mol. The maximum atomic E-state index is 13.0. The first-order valence-electron chi connectivity index (χ1n) is 9.84. The number of fused-ring (bicyclic) bond motifs is 1. The highest BCUT2D eigenvalue weighted by Crippen LogP contribution is 2.30. The molecule has 2 atom stereocenters. The van der Waals surface area contributed by atoms with Crippen LogP contribution >= 0.6 is 11.8 Å². The fourth-order valence-electron chi connectivity index (χ4n) is 3.42. The molecule has 7 nitrogen and oxygen atoms in total. The van der Waals surface area contributed by atoms with E-state index in [0.29, 0.717) is 23.0 Å². The number of hydrogen-bond donors (Lipinski definition) is 3. The van der Waals surface area contributed by atoms with E-state index < -0.39 is 17.9 Å². The van der Waals surface area contributed by atoms with E-state index in [1.54, 1.807) is 12.1 Å². The number of para-hydroxylation sites is 1. The number of carbonyl (C=O) groups excluding carboxylic acids is 2. The van der Waals surface area contributed by atoms with Crippen molar-refractivity contribution in [2.45, 2.75) is 18.9 Å². The van der Waals surface area contributed by atoms with Gasteiger partial charge >= 0.3 is 6.18 Å². The van der Waals surface area contributed by atoms with E-state index in [0.717, 1.165) is 23.9 Å². The van der Waals surface area contributed by atoms with Gasteiger partial charge in [-0.05, 0) is 29.8 Å². The quantitative estimate of drug-likeness (QED) is 0.635. The highest BCUT2D eigenvalue weighted by Gasteiger charge is 2.42. The molecule has 2 aromatic rings. The molecule has 0 aliphatic carbocycles. The Kier molecular flexibility index (Phi) is 6.49. The Bertz CT molecular complexity index is 1030. The maximum Gasteiger partial charge on any atom is 0.416 e. The number of amidine groups is 1. The van der Waals surface area contributed by atoms with Gasteiger partial charge in [-0.2, -0.15) is 13.2 Å². The molecule has 168 valence electrons. The molecule has 0 spiro atoms. The van der Waals surface area contributed by atoms with Crippen LogP contribution in [0.25, 0.3) is 0 Å². The van der Waals surface area contributed by atoms with Crippen molar-refractivity contribution in [2.75, 3.05) is 17.2 Å². The summed E-state index contributed by atoms with van der Waals surface area (Å²) in [6, 6.07) is 13.8. The lowest BCUT2D eigenvalue weighted by Gasteiger charge is -2.32. The Balaban J connectivity index is 1.41. The molecule has 0 radical (unpaired) electrons. The van der Waals surface area contributed by atoms with Crippen molar-refractivity contribution in [3.8, 4) is 0 Å². The Morgan fingerprint density at radius 3 is 2.72 bits per heavy atom. The number of nitrogens with zero attached hydrogens (tertiary/aromatic N) is 2. The molecule has 0 aromatic heterocycles. The minimum absolute atomic E-state index is 0.0344. The molecule has 0 bridgehead atoms. The van der Waals surface area contributed by atoms with Gasteiger partial charge in [-0.1, -0.05) is 42.1 Å². The van der Waals surface area contributed by atoms with E-state index >= 15 is 0 Å². The summed E-state index contributed by atoms with van der Waals surface area (Å²) >= 11 is 1.10. The number of carbonyl (C=O) groups is 2. The second-order valence-electron chi connectivity index (χ2n) is 7.26. The maximum absolute atomic E-state index is 13.0. The van der Waals surface area contributed by atoms with Crippen LogP contribution < -0.4 is 21.1 Å². The van der Waals surface area contributed by atoms with Gasteiger partial charge in [-0.15, -0.1) is 0 Å². The Morgan fingerprint density at radius 2 is 1.97 bits per heavy atom. The van der Waals surface area contributed by atoms with Crippen LogP contribution in [0.15, 0.2) is 59.6 Å². The van der Waals surface area contributed by atoms with Crippen molar-refractivity contribution in [3.63, 3.8) is 0 Å². The molecule has 1 saturated heterocycles. The van der Waals surface area contributed by atoms with Crippen LogP contribution in [0, 0.1) is 5.92 Å². The first-order valence-corrected chi connectivity index (χ1v) is 10.8. The van der Waals surface area contributed by atoms with E-state index in [2.05, 4.69) is 21.2 Å². The lowest BCUT2D eigenvalue weighted by Crippen LogP contribution is -2.49. The fraction of sp³-hybridized carbons (Fsp3) is 0.286. The molecule has 3 N–H and O–H groups in total. The van der Waals surface area contributed by atoms with Gasteiger partial charge in [0, 0.05) is 13.1 Å². The Hall–Kier alpha value is -2.89. The first-order chi connectivity index (χ1) is 15.3. The normalized spacial score (nSPS) is 20.7. The van der Waals surface area contributed by atoms with Crippen LogP contribution in [-0.2, 0) is 22.3 Å². The molecular weight excluding hydrogens is 443 g/mol. The highest BCUT2D eigenvalue weighted by molar-refractivity contribution is 8.14. The number of amides is 2. The fourth-order valence-corrected chi connectivity index (χ4v) is 4.30. The molecule has 0 saturated carbocycles. The van der Waals surface area contributed by atoms with Crippen LogP contribution in [-0.4, -0.2) is 35.4 Å². The third-order valence-electron chi connectivity index (χ3n) is 5.02. The summed E-state index contributed by atoms with van der Waals surface area (Å²) < 4.78 is 38.5. The summed E-state index contributed by atoms with van der Waals surface area (Å²) in [4.78, 5) is 31.5. The van der Waals surface area contributed by atoms with E-state index in [-0.39, 0.29) is 30.0 Å². The molecule has 2 unspecified atom stereocenters. The summed E-state index contributed by atoms with van der Waals surface area (Å²) in [5.41, 5.74) is 6.12. The smallest absolute Gasteiger partial charge is 0.351 e. The standard InChI is InChI=1S/C21H20F3N5O2S/c22-21(23,24)14-6-4-5-13(9-14)10-25-17(30)12-32-20-27-18-16(11-26-28-18)19(31)29(20)15-7-2-1-3-8-15/h1-9,16,18,26,28H,10-12H2,(H,25,30). The molecular formula is C21H20F3N5O2S. The first kappa shape index (κ1) is 22.3. The molecule has 4 rings (SSSR count). The number of benzene rings is 2. The van der Waals surface area contributed by atoms with Gasteiger partial charge in [0.1, 0.15) is 6.17 Å². The number of anilines is 1. The zero-order chi connectivity index (χ0) is 22.7. The Labute approximate surface area is 186 Å². The van der Waals surface area contributed by atoms with Crippen molar-refractivity contribution in [2.24, 2.45) is 10.9 Å². The zero-order valence-corrected chi connectivity index (χ0v) is 17.5. The third kappa shape index (κ3) is 4.95. The molecule has 1 fully saturated rings. The lowest BCUT2D eigenvalue weighted by molar-refractivity contribution is -0.137. The average Bonchev–Trinajstić information content (AvgIpc) is 3.25. The van der Waals surface area contributed by atoms with Crippen LogP contribution in [0.4, 0.5) is 18.9 Å². The molecule has 11 heteroatoms. The van der Waals surface area contributed by atoms with E-state index in [1.165, 1.54) is 17.0 Å². The Morgan fingerprint density at radius 1 is 1.19 bits per heavy atom. The van der Waals surface area contributed by atoms with Gasteiger partial charge in [0.25, 0.3) is 0 Å². The number of thioether (sulfide) groups is 1. The largest absolute Gasteiger partial charge is 0.416 e. The molecule has 2 amide bonds. The average molecular weight is 463 g/mol. The van der Waals surface area contributed by atoms with Crippen molar-refractivity contribution >= 4 is 34.4 Å². The van der Waals surface area contributed by atoms with Crippen molar-refractivity contribution < 1.29 is 22.8 Å². The number of alkyl halides is 3. The summed E-state index contributed by atoms with van der Waals surface area (Å²) in [7, 11) is 0. The predicted octanol–water partition coefficient (Wildman–Crippen LogP) is 2.51. The van der Waals surface area contributed by atoms with E-state index in [9.17, 15) is 22.8 Å². The highest BCUT2D eigenvalue weighted by atomic mass is 32.2. The van der Waals surface area contributed by atoms with Gasteiger partial charge < -0.3 is 5.32 Å². The van der Waals surface area contributed by atoms with Crippen LogP contribution in [0.1, 0.15) is 11.1 Å². The number of aliphatic imine (C=N–C) groups is 1. The zero-order valence-electron chi connectivity index (χ0n) is 16.7. The number of halogens is 3.